The zero-order chi connectivity index (χ0) is 21.7. The lowest BCUT2D eigenvalue weighted by Crippen LogP contribution is -2.41. The zero-order valence-electron chi connectivity index (χ0n) is 16.8. The van der Waals surface area contributed by atoms with E-state index < -0.39 is 10.8 Å². The summed E-state index contributed by atoms with van der Waals surface area (Å²) >= 11 is 0. The van der Waals surface area contributed by atoms with Crippen molar-refractivity contribution < 1.29 is 28.4 Å². The molecular weight excluding hydrogens is 394 g/mol. The van der Waals surface area contributed by atoms with Crippen LogP contribution in [-0.2, 0) is 0 Å². The average Bonchev–Trinajstić information content (AvgIpc) is 3.31. The van der Waals surface area contributed by atoms with E-state index in [1.807, 2.05) is 0 Å². The molecule has 0 saturated carbocycles. The molecule has 160 valence electrons. The number of nitro groups is 1. The van der Waals surface area contributed by atoms with Gasteiger partial charge in [-0.2, -0.15) is 0 Å². The molecule has 1 aromatic heterocycles. The average molecular weight is 417 g/mol. The highest BCUT2D eigenvalue weighted by Crippen LogP contribution is 2.34. The molecule has 10 heteroatoms. The van der Waals surface area contributed by atoms with Gasteiger partial charge in [0.1, 0.15) is 11.8 Å². The Bertz CT molecular complexity index is 919. The molecule has 1 fully saturated rings. The van der Waals surface area contributed by atoms with Gasteiger partial charge < -0.3 is 24.1 Å². The summed E-state index contributed by atoms with van der Waals surface area (Å²) in [5.74, 6) is -0.0528. The molecule has 1 aliphatic rings. The molecule has 3 rings (SSSR count). The molecule has 1 aliphatic heterocycles. The molecule has 2 amide bonds. The number of hydrogen-bond acceptors (Lipinski definition) is 7. The fourth-order valence-corrected chi connectivity index (χ4v) is 3.44. The van der Waals surface area contributed by atoms with Crippen molar-refractivity contribution in [1.82, 2.24) is 10.2 Å². The van der Waals surface area contributed by atoms with Gasteiger partial charge in [0.15, 0.2) is 11.5 Å². The minimum atomic E-state index is -0.628. The van der Waals surface area contributed by atoms with E-state index in [2.05, 4.69) is 5.32 Å². The fourth-order valence-electron chi connectivity index (χ4n) is 3.44. The molecule has 1 aromatic carbocycles. The third-order valence-electron chi connectivity index (χ3n) is 5.16. The number of hydrogen-bond donors (Lipinski definition) is 1. The quantitative estimate of drug-likeness (QED) is 0.542. The second-order valence-electron chi connectivity index (χ2n) is 6.94. The van der Waals surface area contributed by atoms with E-state index in [1.54, 1.807) is 11.0 Å². The van der Waals surface area contributed by atoms with Crippen LogP contribution in [0.1, 0.15) is 33.6 Å². The topological polar surface area (TPSA) is 124 Å². The minimum absolute atomic E-state index is 0.0767. The maximum atomic E-state index is 12.6. The Morgan fingerprint density at radius 1 is 1.23 bits per heavy atom. The van der Waals surface area contributed by atoms with Crippen molar-refractivity contribution in [3.05, 3.63) is 52.0 Å². The first-order valence-electron chi connectivity index (χ1n) is 9.44. The maximum Gasteiger partial charge on any atom is 0.286 e. The number of furan rings is 1. The summed E-state index contributed by atoms with van der Waals surface area (Å²) in [6.07, 6.45) is 4.32. The summed E-state index contributed by atoms with van der Waals surface area (Å²) in [6, 6.07) is 4.11. The minimum Gasteiger partial charge on any atom is -0.493 e. The van der Waals surface area contributed by atoms with Crippen LogP contribution in [0.5, 0.6) is 11.5 Å². The normalized spacial score (nSPS) is 14.3. The number of nitrogens with one attached hydrogen (secondary N) is 1. The third-order valence-corrected chi connectivity index (χ3v) is 5.16. The third kappa shape index (κ3) is 4.53. The Morgan fingerprint density at radius 2 is 1.90 bits per heavy atom. The Labute approximate surface area is 172 Å². The fraction of sp³-hybridized carbons (Fsp3) is 0.400. The van der Waals surface area contributed by atoms with E-state index >= 15 is 0 Å². The molecule has 0 bridgehead atoms. The number of benzene rings is 1. The van der Waals surface area contributed by atoms with Gasteiger partial charge in [-0.15, -0.1) is 0 Å². The van der Waals surface area contributed by atoms with Gasteiger partial charge in [0.25, 0.3) is 17.5 Å². The van der Waals surface area contributed by atoms with Gasteiger partial charge in [-0.25, -0.2) is 0 Å². The van der Waals surface area contributed by atoms with Crippen molar-refractivity contribution in [2.45, 2.75) is 12.8 Å². The number of amides is 2. The molecule has 0 aliphatic carbocycles. The van der Waals surface area contributed by atoms with Crippen molar-refractivity contribution in [3.63, 3.8) is 0 Å². The summed E-state index contributed by atoms with van der Waals surface area (Å²) in [7, 11) is 2.76. The van der Waals surface area contributed by atoms with Crippen molar-refractivity contribution in [3.8, 4) is 11.5 Å². The second kappa shape index (κ2) is 9.29. The number of methoxy groups -OCH3 is 2. The molecule has 1 N–H and O–H groups in total. The molecule has 30 heavy (non-hydrogen) atoms. The maximum absolute atomic E-state index is 12.6. The first kappa shape index (κ1) is 21.2. The molecule has 0 unspecified atom stereocenters. The number of piperidine rings is 1. The Balaban J connectivity index is 1.60. The molecule has 2 aromatic rings. The predicted octanol–water partition coefficient (Wildman–Crippen LogP) is 2.49. The van der Waals surface area contributed by atoms with Gasteiger partial charge in [0, 0.05) is 25.7 Å². The number of nitrogens with zero attached hydrogens (tertiary/aromatic N) is 2. The highest BCUT2D eigenvalue weighted by molar-refractivity contribution is 5.99. The Morgan fingerprint density at radius 3 is 2.47 bits per heavy atom. The Hall–Kier alpha value is -3.56. The van der Waals surface area contributed by atoms with E-state index in [0.717, 1.165) is 12.8 Å². The first-order valence-corrected chi connectivity index (χ1v) is 9.44. The molecule has 1 saturated heterocycles. The standard InChI is InChI=1S/C20H23N3O7/c1-28-17-9-15(16(23(26)27)10-18(17)29-2)19(24)21-11-13-3-6-22(7-4-13)20(25)14-5-8-30-12-14/h5,8-10,12-13H,3-4,6-7,11H2,1-2H3,(H,21,24). The molecular formula is C20H23N3O7. The van der Waals surface area contributed by atoms with Crippen LogP contribution in [0.2, 0.25) is 0 Å². The summed E-state index contributed by atoms with van der Waals surface area (Å²) in [5, 5.41) is 14.1. The zero-order valence-corrected chi connectivity index (χ0v) is 16.8. The number of ether oxygens (including phenoxy) is 2. The van der Waals surface area contributed by atoms with E-state index in [9.17, 15) is 19.7 Å². The van der Waals surface area contributed by atoms with Gasteiger partial charge in [-0.05, 0) is 24.8 Å². The lowest BCUT2D eigenvalue weighted by atomic mass is 9.96. The lowest BCUT2D eigenvalue weighted by molar-refractivity contribution is -0.385. The molecule has 0 spiro atoms. The largest absolute Gasteiger partial charge is 0.493 e. The molecule has 0 radical (unpaired) electrons. The van der Waals surface area contributed by atoms with Crippen molar-refractivity contribution in [2.24, 2.45) is 5.92 Å². The van der Waals surface area contributed by atoms with Crippen molar-refractivity contribution in [1.29, 1.82) is 0 Å². The van der Waals surface area contributed by atoms with Crippen molar-refractivity contribution >= 4 is 17.5 Å². The Kier molecular flexibility index (Phi) is 6.55. The van der Waals surface area contributed by atoms with Gasteiger partial charge in [0.2, 0.25) is 0 Å². The van der Waals surface area contributed by atoms with Crippen LogP contribution >= 0.6 is 0 Å². The van der Waals surface area contributed by atoms with Crippen LogP contribution < -0.4 is 14.8 Å². The van der Waals surface area contributed by atoms with Crippen LogP contribution in [0.3, 0.4) is 0 Å². The molecule has 0 atom stereocenters. The highest BCUT2D eigenvalue weighted by Gasteiger charge is 2.27. The number of rotatable bonds is 7. The van der Waals surface area contributed by atoms with Gasteiger partial charge in [-0.3, -0.25) is 19.7 Å². The SMILES string of the molecule is COc1cc(C(=O)NCC2CCN(C(=O)c3ccoc3)CC2)c([N+](=O)[O-])cc1OC. The number of carbonyl (C=O) groups is 2. The highest BCUT2D eigenvalue weighted by atomic mass is 16.6. The van der Waals surface area contributed by atoms with Crippen molar-refractivity contribution in [2.75, 3.05) is 33.9 Å². The van der Waals surface area contributed by atoms with Gasteiger partial charge >= 0.3 is 0 Å². The van der Waals surface area contributed by atoms with Crippen LogP contribution in [0, 0.1) is 16.0 Å². The van der Waals surface area contributed by atoms with E-state index in [4.69, 9.17) is 13.9 Å². The van der Waals surface area contributed by atoms with Crippen LogP contribution in [0.4, 0.5) is 5.69 Å². The smallest absolute Gasteiger partial charge is 0.286 e. The lowest BCUT2D eigenvalue weighted by Gasteiger charge is -2.31. The number of nitro benzene ring substituents is 1. The molecule has 10 nitrogen and oxygen atoms in total. The first-order chi connectivity index (χ1) is 14.4. The van der Waals surface area contributed by atoms with Gasteiger partial charge in [-0.1, -0.05) is 0 Å². The van der Waals surface area contributed by atoms with Gasteiger partial charge in [0.05, 0.1) is 37.0 Å². The van der Waals surface area contributed by atoms with Crippen LogP contribution in [0.25, 0.3) is 0 Å². The summed E-state index contributed by atoms with van der Waals surface area (Å²) < 4.78 is 15.2. The van der Waals surface area contributed by atoms with Crippen LogP contribution in [0.15, 0.2) is 35.1 Å². The van der Waals surface area contributed by atoms with E-state index in [1.165, 1.54) is 38.9 Å². The second-order valence-corrected chi connectivity index (χ2v) is 6.94. The summed E-state index contributed by atoms with van der Waals surface area (Å²) in [5.41, 5.74) is 0.0680. The molecule has 2 heterocycles. The monoisotopic (exact) mass is 417 g/mol. The summed E-state index contributed by atoms with van der Waals surface area (Å²) in [6.45, 7) is 1.50. The number of carbonyl (C=O) groups excluding carboxylic acids is 2. The summed E-state index contributed by atoms with van der Waals surface area (Å²) in [4.78, 5) is 37.5. The van der Waals surface area contributed by atoms with Crippen LogP contribution in [-0.4, -0.2) is 55.5 Å². The van der Waals surface area contributed by atoms with E-state index in [-0.39, 0.29) is 34.6 Å². The van der Waals surface area contributed by atoms with E-state index in [0.29, 0.717) is 25.2 Å². The number of likely N-dealkylation sites (tertiary alicyclic amines) is 1. The predicted molar refractivity (Wildman–Crippen MR) is 106 cm³/mol.